The maximum atomic E-state index is 14.9. The van der Waals surface area contributed by atoms with Gasteiger partial charge in [0, 0.05) is 35.0 Å². The number of ether oxygens (including phenoxy) is 1. The molecule has 11 heteroatoms. The zero-order valence-electron chi connectivity index (χ0n) is 26.4. The van der Waals surface area contributed by atoms with Gasteiger partial charge in [0.25, 0.3) is 5.91 Å². The van der Waals surface area contributed by atoms with Crippen LogP contribution in [0.3, 0.4) is 0 Å². The fourth-order valence-corrected chi connectivity index (χ4v) is 5.71. The lowest BCUT2D eigenvalue weighted by Crippen LogP contribution is -2.28. The number of nitrogens with zero attached hydrogens (tertiary/aromatic N) is 1. The molecule has 0 aliphatic rings. The SMILES string of the molecule is COC(=O)c1ccc(CNC(=O)c2c(-c3ccccc3)c(-c3ccc(F)cc3)c(CCC(O)CC(O)CC(=O)O)n2C(C)C)c(F)c1. The van der Waals surface area contributed by atoms with E-state index in [4.69, 9.17) is 5.11 Å². The minimum Gasteiger partial charge on any atom is -0.481 e. The quantitative estimate of drug-likeness (QED) is 0.125. The summed E-state index contributed by atoms with van der Waals surface area (Å²) in [5.41, 5.74) is 3.64. The molecule has 2 unspecified atom stereocenters. The summed E-state index contributed by atoms with van der Waals surface area (Å²) in [7, 11) is 1.19. The van der Waals surface area contributed by atoms with Gasteiger partial charge in [-0.1, -0.05) is 48.5 Å². The van der Waals surface area contributed by atoms with E-state index in [0.29, 0.717) is 27.9 Å². The fraction of sp³-hybridized carbons (Fsp3) is 0.306. The molecule has 0 fully saturated rings. The van der Waals surface area contributed by atoms with Gasteiger partial charge in [-0.3, -0.25) is 9.59 Å². The van der Waals surface area contributed by atoms with E-state index in [1.807, 2.05) is 48.7 Å². The van der Waals surface area contributed by atoms with Gasteiger partial charge in [-0.15, -0.1) is 0 Å². The Morgan fingerprint density at radius 3 is 2.15 bits per heavy atom. The van der Waals surface area contributed by atoms with E-state index >= 15 is 0 Å². The van der Waals surface area contributed by atoms with Gasteiger partial charge in [0.05, 0.1) is 31.3 Å². The lowest BCUT2D eigenvalue weighted by Gasteiger charge is -2.20. The fourth-order valence-electron chi connectivity index (χ4n) is 5.71. The van der Waals surface area contributed by atoms with Gasteiger partial charge in [-0.2, -0.15) is 0 Å². The van der Waals surface area contributed by atoms with Crippen molar-refractivity contribution in [2.45, 2.75) is 64.3 Å². The van der Waals surface area contributed by atoms with Crippen molar-refractivity contribution in [2.24, 2.45) is 0 Å². The number of carboxylic acid groups (broad SMARTS) is 1. The highest BCUT2D eigenvalue weighted by Gasteiger charge is 2.30. The largest absolute Gasteiger partial charge is 0.481 e. The predicted molar refractivity (Wildman–Crippen MR) is 172 cm³/mol. The molecule has 3 aromatic carbocycles. The number of hydrogen-bond donors (Lipinski definition) is 4. The Bertz CT molecular complexity index is 1720. The van der Waals surface area contributed by atoms with Crippen LogP contribution < -0.4 is 5.32 Å². The van der Waals surface area contributed by atoms with Gasteiger partial charge in [0.15, 0.2) is 0 Å². The standard InChI is InChI=1S/C36H38F2N2O7/c1-21(2)40-30(16-15-27(41)18-28(42)19-31(43)44)32(23-11-13-26(37)14-12-23)33(22-7-5-4-6-8-22)34(40)35(45)39-20-25-10-9-24(17-29(25)38)36(46)47-3/h4-14,17,21,27-28,41-42H,15-16,18-20H2,1-3H3,(H,39,45)(H,43,44). The van der Waals surface area contributed by atoms with Crippen LogP contribution in [0, 0.1) is 11.6 Å². The molecule has 248 valence electrons. The molecule has 9 nitrogen and oxygen atoms in total. The van der Waals surface area contributed by atoms with E-state index in [-0.39, 0.29) is 48.7 Å². The van der Waals surface area contributed by atoms with Gasteiger partial charge in [0.1, 0.15) is 17.3 Å². The number of nitrogens with one attached hydrogen (secondary N) is 1. The van der Waals surface area contributed by atoms with Crippen LogP contribution in [0.5, 0.6) is 0 Å². The highest BCUT2D eigenvalue weighted by Crippen LogP contribution is 2.42. The van der Waals surface area contributed by atoms with Crippen LogP contribution >= 0.6 is 0 Å². The van der Waals surface area contributed by atoms with E-state index in [1.54, 1.807) is 12.1 Å². The van der Waals surface area contributed by atoms with Crippen molar-refractivity contribution < 1.29 is 43.2 Å². The third-order valence-electron chi connectivity index (χ3n) is 7.82. The third-order valence-corrected chi connectivity index (χ3v) is 7.82. The second kappa shape index (κ2) is 15.6. The summed E-state index contributed by atoms with van der Waals surface area (Å²) in [6.07, 6.45) is -2.58. The number of methoxy groups -OCH3 is 1. The van der Waals surface area contributed by atoms with Crippen molar-refractivity contribution in [3.05, 3.63) is 107 Å². The first-order chi connectivity index (χ1) is 22.4. The number of esters is 1. The molecule has 4 rings (SSSR count). The first-order valence-electron chi connectivity index (χ1n) is 15.2. The third kappa shape index (κ3) is 8.49. The summed E-state index contributed by atoms with van der Waals surface area (Å²) < 4.78 is 35.5. The van der Waals surface area contributed by atoms with Crippen LogP contribution in [-0.4, -0.2) is 57.1 Å². The number of aromatic nitrogens is 1. The average molecular weight is 649 g/mol. The number of aliphatic hydroxyl groups excluding tert-OH is 2. The lowest BCUT2D eigenvalue weighted by molar-refractivity contribution is -0.139. The van der Waals surface area contributed by atoms with E-state index in [1.165, 1.54) is 31.4 Å². The summed E-state index contributed by atoms with van der Waals surface area (Å²) in [5, 5.41) is 32.7. The van der Waals surface area contributed by atoms with Crippen molar-refractivity contribution in [3.8, 4) is 22.3 Å². The van der Waals surface area contributed by atoms with Crippen LogP contribution in [0.1, 0.15) is 71.3 Å². The van der Waals surface area contributed by atoms with Crippen LogP contribution in [0.4, 0.5) is 8.78 Å². The molecule has 0 spiro atoms. The van der Waals surface area contributed by atoms with Crippen molar-refractivity contribution in [3.63, 3.8) is 0 Å². The summed E-state index contributed by atoms with van der Waals surface area (Å²) in [6.45, 7) is 3.59. The second-order valence-electron chi connectivity index (χ2n) is 11.5. The first-order valence-corrected chi connectivity index (χ1v) is 15.2. The number of hydrogen-bond acceptors (Lipinski definition) is 6. The molecular weight excluding hydrogens is 610 g/mol. The smallest absolute Gasteiger partial charge is 0.337 e. The lowest BCUT2D eigenvalue weighted by atomic mass is 9.92. The molecule has 0 bridgehead atoms. The molecule has 4 N–H and O–H groups in total. The minimum absolute atomic E-state index is 0.0337. The summed E-state index contributed by atoms with van der Waals surface area (Å²) in [4.78, 5) is 37.0. The number of amides is 1. The molecule has 1 amide bonds. The number of aliphatic carboxylic acids is 1. The van der Waals surface area contributed by atoms with E-state index in [2.05, 4.69) is 10.1 Å². The molecule has 0 radical (unpaired) electrons. The van der Waals surface area contributed by atoms with E-state index in [0.717, 1.165) is 6.07 Å². The molecule has 4 aromatic rings. The molecule has 0 saturated carbocycles. The van der Waals surface area contributed by atoms with Gasteiger partial charge >= 0.3 is 11.9 Å². The number of benzene rings is 3. The van der Waals surface area contributed by atoms with Crippen molar-refractivity contribution in [1.29, 1.82) is 0 Å². The molecule has 0 aliphatic carbocycles. The number of halogens is 2. The molecular formula is C36H38F2N2O7. The average Bonchev–Trinajstić information content (AvgIpc) is 3.38. The monoisotopic (exact) mass is 648 g/mol. The zero-order chi connectivity index (χ0) is 34.2. The van der Waals surface area contributed by atoms with Gasteiger partial charge in [-0.25, -0.2) is 13.6 Å². The highest BCUT2D eigenvalue weighted by atomic mass is 19.1. The number of carboxylic acids is 1. The number of rotatable bonds is 14. The Morgan fingerprint density at radius 1 is 0.894 bits per heavy atom. The maximum absolute atomic E-state index is 14.9. The van der Waals surface area contributed by atoms with E-state index in [9.17, 15) is 33.4 Å². The first kappa shape index (κ1) is 35.0. The molecule has 2 atom stereocenters. The molecule has 0 saturated heterocycles. The Hall–Kier alpha value is -4.87. The number of carbonyl (C=O) groups is 3. The highest BCUT2D eigenvalue weighted by molar-refractivity contribution is 6.05. The molecule has 47 heavy (non-hydrogen) atoms. The molecule has 1 heterocycles. The topological polar surface area (TPSA) is 138 Å². The zero-order valence-corrected chi connectivity index (χ0v) is 26.4. The van der Waals surface area contributed by atoms with Crippen molar-refractivity contribution in [2.75, 3.05) is 7.11 Å². The van der Waals surface area contributed by atoms with Crippen LogP contribution in [0.25, 0.3) is 22.3 Å². The van der Waals surface area contributed by atoms with Crippen molar-refractivity contribution >= 4 is 17.8 Å². The predicted octanol–water partition coefficient (Wildman–Crippen LogP) is 5.92. The van der Waals surface area contributed by atoms with Crippen LogP contribution in [0.15, 0.2) is 72.8 Å². The normalized spacial score (nSPS) is 12.5. The number of aliphatic hydroxyl groups is 2. The maximum Gasteiger partial charge on any atom is 0.337 e. The summed E-state index contributed by atoms with van der Waals surface area (Å²) >= 11 is 0. The Balaban J connectivity index is 1.83. The molecule has 1 aromatic heterocycles. The second-order valence-corrected chi connectivity index (χ2v) is 11.5. The Kier molecular flexibility index (Phi) is 11.6. The Morgan fingerprint density at radius 2 is 1.55 bits per heavy atom. The summed E-state index contributed by atoms with van der Waals surface area (Å²) in [6, 6.07) is 18.6. The van der Waals surface area contributed by atoms with Crippen molar-refractivity contribution in [1.82, 2.24) is 9.88 Å². The number of carbonyl (C=O) groups excluding carboxylic acids is 2. The Labute approximate surface area is 271 Å². The van der Waals surface area contributed by atoms with Crippen LogP contribution in [-0.2, 0) is 22.5 Å². The van der Waals surface area contributed by atoms with Gasteiger partial charge < -0.3 is 29.9 Å². The van der Waals surface area contributed by atoms with Gasteiger partial charge in [-0.05, 0) is 68.5 Å². The summed E-state index contributed by atoms with van der Waals surface area (Å²) in [5.74, 6) is -3.52. The van der Waals surface area contributed by atoms with Crippen LogP contribution in [0.2, 0.25) is 0 Å². The van der Waals surface area contributed by atoms with Gasteiger partial charge in [0.2, 0.25) is 0 Å². The minimum atomic E-state index is -1.24. The molecule has 0 aliphatic heterocycles. The van der Waals surface area contributed by atoms with E-state index < -0.39 is 48.1 Å².